The maximum Gasteiger partial charge on any atom is 0.258 e. The first-order valence-electron chi connectivity index (χ1n) is 4.73. The monoisotopic (exact) mass is 219 g/mol. The zero-order chi connectivity index (χ0) is 11.5. The molecule has 0 fully saturated rings. The number of aromatic amines is 1. The van der Waals surface area contributed by atoms with Crippen LogP contribution in [-0.2, 0) is 0 Å². The predicted molar refractivity (Wildman–Crippen MR) is 57.7 cm³/mol. The quantitative estimate of drug-likeness (QED) is 0.812. The maximum atomic E-state index is 13.1. The Balaban J connectivity index is 2.21. The highest BCUT2D eigenvalue weighted by Gasteiger charge is 2.08. The summed E-state index contributed by atoms with van der Waals surface area (Å²) in [6.45, 7) is 1.73. The second kappa shape index (κ2) is 4.14. The van der Waals surface area contributed by atoms with Gasteiger partial charge in [-0.25, -0.2) is 9.37 Å². The molecule has 0 aliphatic carbocycles. The Bertz CT molecular complexity index is 488. The van der Waals surface area contributed by atoms with E-state index in [1.165, 1.54) is 18.3 Å². The molecule has 0 bridgehead atoms. The number of nitrogens with zero attached hydrogens (tertiary/aromatic N) is 1. The van der Waals surface area contributed by atoms with Crippen molar-refractivity contribution in [2.45, 2.75) is 6.92 Å². The molecule has 4 nitrogen and oxygen atoms in total. The Kier molecular flexibility index (Phi) is 2.68. The lowest BCUT2D eigenvalue weighted by Gasteiger charge is -2.03. The number of amides is 1. The van der Waals surface area contributed by atoms with Crippen molar-refractivity contribution < 1.29 is 9.18 Å². The minimum Gasteiger partial charge on any atom is -0.331 e. The van der Waals surface area contributed by atoms with Crippen molar-refractivity contribution in [1.29, 1.82) is 0 Å². The van der Waals surface area contributed by atoms with Crippen molar-refractivity contribution in [2.75, 3.05) is 5.32 Å². The van der Waals surface area contributed by atoms with Gasteiger partial charge < -0.3 is 4.98 Å². The summed E-state index contributed by atoms with van der Waals surface area (Å²) in [5.41, 5.74) is 0.971. The van der Waals surface area contributed by atoms with Crippen LogP contribution in [0, 0.1) is 12.7 Å². The number of anilines is 1. The molecular weight excluding hydrogens is 209 g/mol. The van der Waals surface area contributed by atoms with Crippen LogP contribution in [-0.4, -0.2) is 15.9 Å². The minimum atomic E-state index is -0.426. The van der Waals surface area contributed by atoms with Crippen LogP contribution in [0.3, 0.4) is 0 Å². The van der Waals surface area contributed by atoms with Gasteiger partial charge in [-0.2, -0.15) is 0 Å². The van der Waals surface area contributed by atoms with E-state index in [0.717, 1.165) is 0 Å². The van der Waals surface area contributed by atoms with E-state index in [0.29, 0.717) is 11.5 Å². The van der Waals surface area contributed by atoms with Gasteiger partial charge in [0.1, 0.15) is 5.82 Å². The normalized spacial score (nSPS) is 10.1. The van der Waals surface area contributed by atoms with E-state index in [1.54, 1.807) is 19.2 Å². The van der Waals surface area contributed by atoms with Crippen LogP contribution in [0.2, 0.25) is 0 Å². The van der Waals surface area contributed by atoms with E-state index in [-0.39, 0.29) is 5.56 Å². The standard InChI is InChI=1S/C11H10FN3O/c1-7-4-8(6-9(12)5-7)10(16)15-11-13-2-3-14-11/h2-6H,1H3,(H2,13,14,15,16). The van der Waals surface area contributed by atoms with E-state index >= 15 is 0 Å². The molecule has 0 radical (unpaired) electrons. The largest absolute Gasteiger partial charge is 0.331 e. The number of hydrogen-bond donors (Lipinski definition) is 2. The van der Waals surface area contributed by atoms with Crippen LogP contribution in [0.25, 0.3) is 0 Å². The Hall–Kier alpha value is -2.17. The van der Waals surface area contributed by atoms with Crippen molar-refractivity contribution in [3.05, 3.63) is 47.5 Å². The van der Waals surface area contributed by atoms with Gasteiger partial charge >= 0.3 is 0 Å². The van der Waals surface area contributed by atoms with Crippen molar-refractivity contribution in [3.63, 3.8) is 0 Å². The van der Waals surface area contributed by atoms with Crippen molar-refractivity contribution in [2.24, 2.45) is 0 Å². The molecule has 2 rings (SSSR count). The zero-order valence-corrected chi connectivity index (χ0v) is 8.62. The van der Waals surface area contributed by atoms with Crippen LogP contribution < -0.4 is 5.32 Å². The molecule has 1 heterocycles. The zero-order valence-electron chi connectivity index (χ0n) is 8.62. The van der Waals surface area contributed by atoms with Gasteiger partial charge in [-0.15, -0.1) is 0 Å². The molecule has 0 spiro atoms. The van der Waals surface area contributed by atoms with Gasteiger partial charge in [-0.3, -0.25) is 10.1 Å². The van der Waals surface area contributed by atoms with Gasteiger partial charge in [0.25, 0.3) is 5.91 Å². The lowest BCUT2D eigenvalue weighted by molar-refractivity contribution is 0.102. The SMILES string of the molecule is Cc1cc(F)cc(C(=O)Nc2ncc[nH]2)c1. The predicted octanol–water partition coefficient (Wildman–Crippen LogP) is 2.11. The number of aromatic nitrogens is 2. The van der Waals surface area contributed by atoms with Crippen LogP contribution >= 0.6 is 0 Å². The van der Waals surface area contributed by atoms with E-state index in [1.807, 2.05) is 0 Å². The second-order valence-corrected chi connectivity index (χ2v) is 3.41. The van der Waals surface area contributed by atoms with E-state index in [2.05, 4.69) is 15.3 Å². The maximum absolute atomic E-state index is 13.1. The van der Waals surface area contributed by atoms with E-state index in [9.17, 15) is 9.18 Å². The highest BCUT2D eigenvalue weighted by molar-refractivity contribution is 6.03. The van der Waals surface area contributed by atoms with Crippen LogP contribution in [0.5, 0.6) is 0 Å². The topological polar surface area (TPSA) is 57.8 Å². The lowest BCUT2D eigenvalue weighted by Crippen LogP contribution is -2.13. The average molecular weight is 219 g/mol. The van der Waals surface area contributed by atoms with Gasteiger partial charge in [0.2, 0.25) is 5.95 Å². The second-order valence-electron chi connectivity index (χ2n) is 3.41. The van der Waals surface area contributed by atoms with Crippen molar-refractivity contribution in [1.82, 2.24) is 9.97 Å². The minimum absolute atomic E-state index is 0.272. The number of carbonyl (C=O) groups is 1. The Labute approximate surface area is 91.5 Å². The Morgan fingerprint density at radius 1 is 1.44 bits per heavy atom. The number of H-pyrrole nitrogens is 1. The molecule has 16 heavy (non-hydrogen) atoms. The number of imidazole rings is 1. The number of aryl methyl sites for hydroxylation is 1. The number of carbonyl (C=O) groups excluding carboxylic acids is 1. The third-order valence-corrected chi connectivity index (χ3v) is 2.03. The number of benzene rings is 1. The first-order valence-corrected chi connectivity index (χ1v) is 4.73. The van der Waals surface area contributed by atoms with Crippen LogP contribution in [0.1, 0.15) is 15.9 Å². The van der Waals surface area contributed by atoms with Gasteiger partial charge in [-0.1, -0.05) is 0 Å². The molecule has 1 aromatic carbocycles. The van der Waals surface area contributed by atoms with E-state index < -0.39 is 11.7 Å². The molecule has 5 heteroatoms. The van der Waals surface area contributed by atoms with Crippen LogP contribution in [0.15, 0.2) is 30.6 Å². The molecule has 0 atom stereocenters. The van der Waals surface area contributed by atoms with Gasteiger partial charge in [-0.05, 0) is 30.7 Å². The summed E-state index contributed by atoms with van der Waals surface area (Å²) in [7, 11) is 0. The summed E-state index contributed by atoms with van der Waals surface area (Å²) in [4.78, 5) is 18.3. The molecule has 0 saturated carbocycles. The summed E-state index contributed by atoms with van der Waals surface area (Å²) in [6.07, 6.45) is 3.11. The Morgan fingerprint density at radius 2 is 2.25 bits per heavy atom. The fourth-order valence-electron chi connectivity index (χ4n) is 1.38. The summed E-state index contributed by atoms with van der Waals surface area (Å²) in [5, 5.41) is 2.52. The lowest BCUT2D eigenvalue weighted by atomic mass is 10.1. The molecule has 0 aliphatic rings. The number of hydrogen-bond acceptors (Lipinski definition) is 2. The molecule has 2 aromatic rings. The number of nitrogens with one attached hydrogen (secondary N) is 2. The van der Waals surface area contributed by atoms with Gasteiger partial charge in [0.05, 0.1) is 0 Å². The van der Waals surface area contributed by atoms with Crippen molar-refractivity contribution in [3.8, 4) is 0 Å². The summed E-state index contributed by atoms with van der Waals surface area (Å²) in [5.74, 6) is -0.478. The van der Waals surface area contributed by atoms with Crippen LogP contribution in [0.4, 0.5) is 10.3 Å². The molecule has 1 aromatic heterocycles. The average Bonchev–Trinajstić information content (AvgIpc) is 2.68. The first-order chi connectivity index (χ1) is 7.65. The molecular formula is C11H10FN3O. The third kappa shape index (κ3) is 2.25. The Morgan fingerprint density at radius 3 is 2.88 bits per heavy atom. The summed E-state index contributed by atoms with van der Waals surface area (Å²) >= 11 is 0. The van der Waals surface area contributed by atoms with Gasteiger partial charge in [0, 0.05) is 18.0 Å². The molecule has 0 saturated heterocycles. The highest BCUT2D eigenvalue weighted by Crippen LogP contribution is 2.09. The molecule has 1 amide bonds. The third-order valence-electron chi connectivity index (χ3n) is 2.03. The van der Waals surface area contributed by atoms with E-state index in [4.69, 9.17) is 0 Å². The summed E-state index contributed by atoms with van der Waals surface area (Å²) < 4.78 is 13.1. The number of halogens is 1. The van der Waals surface area contributed by atoms with Gasteiger partial charge in [0.15, 0.2) is 0 Å². The molecule has 82 valence electrons. The molecule has 0 unspecified atom stereocenters. The van der Waals surface area contributed by atoms with Crippen molar-refractivity contribution >= 4 is 11.9 Å². The number of rotatable bonds is 2. The fraction of sp³-hybridized carbons (Fsp3) is 0.0909. The highest BCUT2D eigenvalue weighted by atomic mass is 19.1. The molecule has 0 aliphatic heterocycles. The first kappa shape index (κ1) is 10.4. The smallest absolute Gasteiger partial charge is 0.258 e. The summed E-state index contributed by atoms with van der Waals surface area (Å²) in [6, 6.07) is 4.16. The molecule has 2 N–H and O–H groups in total. The fourth-order valence-corrected chi connectivity index (χ4v) is 1.38.